The number of rotatable bonds is 6. The van der Waals surface area contributed by atoms with Crippen molar-refractivity contribution >= 4 is 23.6 Å². The second kappa shape index (κ2) is 9.34. The normalized spacial score (nSPS) is 15.3. The summed E-state index contributed by atoms with van der Waals surface area (Å²) in [4.78, 5) is 25.3. The Morgan fingerprint density at radius 3 is 2.43 bits per heavy atom. The van der Waals surface area contributed by atoms with Gasteiger partial charge in [0, 0.05) is 12.5 Å². The van der Waals surface area contributed by atoms with Crippen molar-refractivity contribution < 1.29 is 19.1 Å². The number of hydrogen-bond donors (Lipinski definition) is 0. The highest BCUT2D eigenvalue weighted by Crippen LogP contribution is 2.26. The summed E-state index contributed by atoms with van der Waals surface area (Å²) >= 11 is 1.62. The van der Waals surface area contributed by atoms with Crippen LogP contribution in [0.4, 0.5) is 0 Å². The third-order valence-corrected chi connectivity index (χ3v) is 5.31. The Hall–Kier alpha value is -2.91. The van der Waals surface area contributed by atoms with Crippen LogP contribution < -0.4 is 4.74 Å². The Bertz CT molecular complexity index is 897. The molecule has 2 aromatic rings. The first-order valence-electron chi connectivity index (χ1n) is 8.83. The lowest BCUT2D eigenvalue weighted by Gasteiger charge is -2.33. The maximum Gasteiger partial charge on any atom is 0.338 e. The van der Waals surface area contributed by atoms with E-state index in [1.807, 2.05) is 42.7 Å². The molecule has 0 aliphatic carbocycles. The Morgan fingerprint density at radius 2 is 1.82 bits per heavy atom. The van der Waals surface area contributed by atoms with Crippen LogP contribution in [0.15, 0.2) is 48.5 Å². The number of amides is 1. The lowest BCUT2D eigenvalue weighted by Crippen LogP contribution is -2.47. The fraction of sp³-hybridized carbons (Fsp3) is 0.273. The van der Waals surface area contributed by atoms with E-state index in [4.69, 9.17) is 9.47 Å². The molecule has 2 aromatic carbocycles. The van der Waals surface area contributed by atoms with Crippen LogP contribution in [-0.2, 0) is 22.6 Å². The third kappa shape index (κ3) is 4.87. The van der Waals surface area contributed by atoms with E-state index in [1.54, 1.807) is 35.9 Å². The molecule has 1 amide bonds. The lowest BCUT2D eigenvalue weighted by atomic mass is 10.1. The number of esters is 1. The summed E-state index contributed by atoms with van der Waals surface area (Å²) in [6, 6.07) is 17.4. The van der Waals surface area contributed by atoms with Crippen molar-refractivity contribution in [2.45, 2.75) is 24.8 Å². The first-order valence-corrected chi connectivity index (χ1v) is 10.1. The molecule has 6 heteroatoms. The largest absolute Gasteiger partial charge is 0.497 e. The standard InChI is InChI=1S/C22H21NO4S/c1-26-19-11-7-17(8-12-19)15-27-22(25)18-9-5-16(6-10-18)4-3-13-23-20(24)14-21(23)28-2/h5-12,21H,4,14-15H2,1-2H3. The maximum absolute atomic E-state index is 12.2. The van der Waals surface area contributed by atoms with Crippen LogP contribution >= 0.6 is 11.8 Å². The van der Waals surface area contributed by atoms with Gasteiger partial charge in [-0.25, -0.2) is 4.79 Å². The van der Waals surface area contributed by atoms with Gasteiger partial charge in [0.2, 0.25) is 5.91 Å². The molecule has 28 heavy (non-hydrogen) atoms. The van der Waals surface area contributed by atoms with Crippen molar-refractivity contribution in [1.29, 1.82) is 0 Å². The summed E-state index contributed by atoms with van der Waals surface area (Å²) < 4.78 is 10.4. The fourth-order valence-corrected chi connectivity index (χ4v) is 3.34. The van der Waals surface area contributed by atoms with Crippen molar-refractivity contribution in [3.8, 4) is 17.7 Å². The summed E-state index contributed by atoms with van der Waals surface area (Å²) in [5.41, 5.74) is 2.36. The minimum Gasteiger partial charge on any atom is -0.497 e. The highest BCUT2D eigenvalue weighted by molar-refractivity contribution is 7.99. The highest BCUT2D eigenvalue weighted by atomic mass is 32.2. The second-order valence-electron chi connectivity index (χ2n) is 6.24. The van der Waals surface area contributed by atoms with E-state index in [-0.39, 0.29) is 23.9 Å². The topological polar surface area (TPSA) is 55.8 Å². The predicted octanol–water partition coefficient (Wildman–Crippen LogP) is 3.48. The molecule has 0 N–H and O–H groups in total. The van der Waals surface area contributed by atoms with Gasteiger partial charge in [-0.3, -0.25) is 9.69 Å². The smallest absolute Gasteiger partial charge is 0.338 e. The quantitative estimate of drug-likeness (QED) is 0.426. The molecule has 1 aliphatic heterocycles. The number of thioether (sulfide) groups is 1. The Labute approximate surface area is 169 Å². The van der Waals surface area contributed by atoms with E-state index >= 15 is 0 Å². The van der Waals surface area contributed by atoms with Gasteiger partial charge in [-0.05, 0) is 41.6 Å². The van der Waals surface area contributed by atoms with E-state index in [2.05, 4.69) is 12.0 Å². The van der Waals surface area contributed by atoms with Crippen molar-refractivity contribution in [2.75, 3.05) is 13.4 Å². The molecular formula is C22H21NO4S. The van der Waals surface area contributed by atoms with Crippen LogP contribution in [0, 0.1) is 12.0 Å². The molecule has 1 heterocycles. The Balaban J connectivity index is 1.50. The molecule has 144 valence electrons. The molecule has 1 unspecified atom stereocenters. The number of carbonyl (C=O) groups excluding carboxylic acids is 2. The van der Waals surface area contributed by atoms with Crippen LogP contribution in [0.3, 0.4) is 0 Å². The number of carbonyl (C=O) groups is 2. The minimum absolute atomic E-state index is 0.0711. The summed E-state index contributed by atoms with van der Waals surface area (Å²) in [5, 5.41) is 0.169. The molecule has 1 fully saturated rings. The first kappa shape index (κ1) is 19.8. The number of nitrogens with zero attached hydrogens (tertiary/aromatic N) is 1. The number of β-lactam (4-membered cyclic amide) rings is 1. The van der Waals surface area contributed by atoms with Crippen LogP contribution in [-0.4, -0.2) is 35.5 Å². The molecule has 0 radical (unpaired) electrons. The van der Waals surface area contributed by atoms with Gasteiger partial charge in [0.1, 0.15) is 12.4 Å². The van der Waals surface area contributed by atoms with Crippen LogP contribution in [0.1, 0.15) is 27.9 Å². The summed E-state index contributed by atoms with van der Waals surface area (Å²) in [5.74, 6) is 3.48. The van der Waals surface area contributed by atoms with E-state index in [1.165, 1.54) is 0 Å². The Morgan fingerprint density at radius 1 is 1.14 bits per heavy atom. The molecule has 0 spiro atoms. The molecule has 3 rings (SSSR count). The van der Waals surface area contributed by atoms with Crippen LogP contribution in [0.2, 0.25) is 0 Å². The molecule has 1 atom stereocenters. The van der Waals surface area contributed by atoms with Crippen molar-refractivity contribution in [2.24, 2.45) is 0 Å². The molecule has 0 saturated carbocycles. The van der Waals surface area contributed by atoms with Crippen LogP contribution in [0.25, 0.3) is 0 Å². The number of likely N-dealkylation sites (tertiary alicyclic amines) is 1. The number of hydrogen-bond acceptors (Lipinski definition) is 5. The monoisotopic (exact) mass is 395 g/mol. The molecule has 5 nitrogen and oxygen atoms in total. The SMILES string of the molecule is COc1ccc(COC(=O)c2ccc(CC#CN3C(=O)CC3SC)cc2)cc1. The van der Waals surface area contributed by atoms with E-state index in [0.29, 0.717) is 18.4 Å². The van der Waals surface area contributed by atoms with Gasteiger partial charge < -0.3 is 9.47 Å². The fourth-order valence-electron chi connectivity index (χ4n) is 2.65. The van der Waals surface area contributed by atoms with E-state index < -0.39 is 0 Å². The average molecular weight is 395 g/mol. The molecule has 0 bridgehead atoms. The molecular weight excluding hydrogens is 374 g/mol. The average Bonchev–Trinajstić information content (AvgIpc) is 2.73. The van der Waals surface area contributed by atoms with Crippen molar-refractivity contribution in [3.05, 3.63) is 65.2 Å². The lowest BCUT2D eigenvalue weighted by molar-refractivity contribution is -0.136. The first-order chi connectivity index (χ1) is 13.6. The van der Waals surface area contributed by atoms with Crippen molar-refractivity contribution in [3.63, 3.8) is 0 Å². The van der Waals surface area contributed by atoms with Gasteiger partial charge in [-0.1, -0.05) is 30.2 Å². The number of benzene rings is 2. The van der Waals surface area contributed by atoms with Crippen molar-refractivity contribution in [1.82, 2.24) is 4.90 Å². The number of ether oxygens (including phenoxy) is 2. The second-order valence-corrected chi connectivity index (χ2v) is 7.26. The molecule has 1 saturated heterocycles. The van der Waals surface area contributed by atoms with Gasteiger partial charge in [0.05, 0.1) is 24.5 Å². The van der Waals surface area contributed by atoms with Gasteiger partial charge in [-0.2, -0.15) is 0 Å². The predicted molar refractivity (Wildman–Crippen MR) is 109 cm³/mol. The van der Waals surface area contributed by atoms with E-state index in [0.717, 1.165) is 16.9 Å². The molecule has 0 aromatic heterocycles. The highest BCUT2D eigenvalue weighted by Gasteiger charge is 2.34. The zero-order chi connectivity index (χ0) is 19.9. The molecule has 1 aliphatic rings. The third-order valence-electron chi connectivity index (χ3n) is 4.39. The zero-order valence-electron chi connectivity index (χ0n) is 15.8. The Kier molecular flexibility index (Phi) is 6.62. The van der Waals surface area contributed by atoms with Crippen LogP contribution in [0.5, 0.6) is 5.75 Å². The van der Waals surface area contributed by atoms with Gasteiger partial charge in [0.15, 0.2) is 0 Å². The summed E-state index contributed by atoms with van der Waals surface area (Å²) in [6.07, 6.45) is 3.05. The summed E-state index contributed by atoms with van der Waals surface area (Å²) in [6.45, 7) is 0.205. The van der Waals surface area contributed by atoms with Gasteiger partial charge in [-0.15, -0.1) is 11.8 Å². The van der Waals surface area contributed by atoms with Gasteiger partial charge in [0.25, 0.3) is 0 Å². The minimum atomic E-state index is -0.373. The zero-order valence-corrected chi connectivity index (χ0v) is 16.6. The van der Waals surface area contributed by atoms with E-state index in [9.17, 15) is 9.59 Å². The van der Waals surface area contributed by atoms with Gasteiger partial charge >= 0.3 is 5.97 Å². The maximum atomic E-state index is 12.2. The summed E-state index contributed by atoms with van der Waals surface area (Å²) in [7, 11) is 1.61. The number of methoxy groups -OCH3 is 1.